The SMILES string of the molecule is NS(=O)(=O)c1ccc(NC(=O)/C=N\O)cc1. The number of hydrogen-bond acceptors (Lipinski definition) is 5. The largest absolute Gasteiger partial charge is 0.411 e. The fourth-order valence-corrected chi connectivity index (χ4v) is 1.47. The van der Waals surface area contributed by atoms with Gasteiger partial charge in [-0.3, -0.25) is 4.79 Å². The topological polar surface area (TPSA) is 122 Å². The van der Waals surface area contributed by atoms with Crippen molar-refractivity contribution < 1.29 is 18.4 Å². The Morgan fingerprint density at radius 1 is 1.38 bits per heavy atom. The molecule has 0 aliphatic heterocycles. The number of primary sulfonamides is 1. The van der Waals surface area contributed by atoms with Gasteiger partial charge in [0.05, 0.1) is 4.90 Å². The molecule has 8 heteroatoms. The second-order valence-corrected chi connectivity index (χ2v) is 4.36. The molecule has 0 atom stereocenters. The highest BCUT2D eigenvalue weighted by Gasteiger charge is 2.07. The van der Waals surface area contributed by atoms with Gasteiger partial charge in [0.1, 0.15) is 6.21 Å². The standard InChI is InChI=1S/C8H9N3O4S/c9-16(14,15)7-3-1-6(2-4-7)11-8(12)5-10-13/h1-5,13H,(H,11,12)(H2,9,14,15)/b10-5-. The fraction of sp³-hybridized carbons (Fsp3) is 0. The van der Waals surface area contributed by atoms with Crippen molar-refractivity contribution in [2.45, 2.75) is 4.90 Å². The number of rotatable bonds is 3. The smallest absolute Gasteiger partial charge is 0.270 e. The monoisotopic (exact) mass is 243 g/mol. The number of carbonyl (C=O) groups excluding carboxylic acids is 1. The summed E-state index contributed by atoms with van der Waals surface area (Å²) in [4.78, 5) is 10.9. The van der Waals surface area contributed by atoms with E-state index in [2.05, 4.69) is 10.5 Å². The Kier molecular flexibility index (Phi) is 3.59. The van der Waals surface area contributed by atoms with Gasteiger partial charge in [-0.1, -0.05) is 5.16 Å². The van der Waals surface area contributed by atoms with Gasteiger partial charge in [0, 0.05) is 5.69 Å². The summed E-state index contributed by atoms with van der Waals surface area (Å²) in [5.74, 6) is -0.633. The lowest BCUT2D eigenvalue weighted by Crippen LogP contribution is -2.14. The number of anilines is 1. The molecule has 1 aromatic rings. The number of nitrogens with two attached hydrogens (primary N) is 1. The van der Waals surface area contributed by atoms with E-state index in [0.29, 0.717) is 11.9 Å². The number of sulfonamides is 1. The minimum atomic E-state index is -3.74. The Labute approximate surface area is 91.6 Å². The van der Waals surface area contributed by atoms with Crippen LogP contribution in [0.3, 0.4) is 0 Å². The lowest BCUT2D eigenvalue weighted by Gasteiger charge is -2.02. The van der Waals surface area contributed by atoms with E-state index >= 15 is 0 Å². The molecule has 0 aliphatic carbocycles. The first-order valence-corrected chi connectivity index (χ1v) is 5.59. The second kappa shape index (κ2) is 4.73. The predicted molar refractivity (Wildman–Crippen MR) is 56.7 cm³/mol. The first-order valence-electron chi connectivity index (χ1n) is 4.05. The van der Waals surface area contributed by atoms with Crippen molar-refractivity contribution in [1.82, 2.24) is 0 Å². The number of oxime groups is 1. The molecule has 16 heavy (non-hydrogen) atoms. The van der Waals surface area contributed by atoms with Gasteiger partial charge in [0.25, 0.3) is 5.91 Å². The number of nitrogens with one attached hydrogen (secondary N) is 1. The summed E-state index contributed by atoms with van der Waals surface area (Å²) in [6, 6.07) is 5.23. The van der Waals surface area contributed by atoms with Gasteiger partial charge in [-0.25, -0.2) is 13.6 Å². The maximum absolute atomic E-state index is 10.9. The zero-order valence-electron chi connectivity index (χ0n) is 7.99. The Bertz CT molecular complexity index is 507. The maximum atomic E-state index is 10.9. The van der Waals surface area contributed by atoms with Crippen LogP contribution in [0.2, 0.25) is 0 Å². The summed E-state index contributed by atoms with van der Waals surface area (Å²) < 4.78 is 21.8. The molecule has 0 bridgehead atoms. The summed E-state index contributed by atoms with van der Waals surface area (Å²) in [7, 11) is -3.74. The molecule has 1 rings (SSSR count). The molecule has 1 aromatic carbocycles. The van der Waals surface area contributed by atoms with Gasteiger partial charge in [-0.05, 0) is 24.3 Å². The fourth-order valence-electron chi connectivity index (χ4n) is 0.955. The highest BCUT2D eigenvalue weighted by atomic mass is 32.2. The number of carbonyl (C=O) groups is 1. The molecule has 0 spiro atoms. The normalized spacial score (nSPS) is 11.6. The maximum Gasteiger partial charge on any atom is 0.270 e. The van der Waals surface area contributed by atoms with Crippen LogP contribution < -0.4 is 10.5 Å². The highest BCUT2D eigenvalue weighted by molar-refractivity contribution is 7.89. The van der Waals surface area contributed by atoms with Crippen molar-refractivity contribution in [2.24, 2.45) is 10.3 Å². The van der Waals surface area contributed by atoms with Crippen LogP contribution in [0.5, 0.6) is 0 Å². The molecule has 7 nitrogen and oxygen atoms in total. The Morgan fingerprint density at radius 2 is 1.94 bits per heavy atom. The molecule has 0 aliphatic rings. The van der Waals surface area contributed by atoms with E-state index in [1.807, 2.05) is 0 Å². The van der Waals surface area contributed by atoms with Gasteiger partial charge in [-0.15, -0.1) is 0 Å². The molecule has 0 aromatic heterocycles. The molecule has 0 fully saturated rings. The van der Waals surface area contributed by atoms with Gasteiger partial charge >= 0.3 is 0 Å². The Hall–Kier alpha value is -1.93. The van der Waals surface area contributed by atoms with Gasteiger partial charge in [-0.2, -0.15) is 0 Å². The van der Waals surface area contributed by atoms with Gasteiger partial charge in [0.2, 0.25) is 10.0 Å². The predicted octanol–water partition coefficient (Wildman–Crippen LogP) is -0.268. The lowest BCUT2D eigenvalue weighted by molar-refractivity contribution is -0.110. The van der Waals surface area contributed by atoms with E-state index in [-0.39, 0.29) is 4.90 Å². The van der Waals surface area contributed by atoms with Crippen LogP contribution in [0.15, 0.2) is 34.3 Å². The van der Waals surface area contributed by atoms with Crippen LogP contribution in [-0.2, 0) is 14.8 Å². The van der Waals surface area contributed by atoms with E-state index in [1.54, 1.807) is 0 Å². The van der Waals surface area contributed by atoms with E-state index in [9.17, 15) is 13.2 Å². The first-order chi connectivity index (χ1) is 7.43. The molecule has 0 saturated heterocycles. The summed E-state index contributed by atoms with van der Waals surface area (Å²) in [5, 5.41) is 17.8. The van der Waals surface area contributed by atoms with Crippen LogP contribution in [0, 0.1) is 0 Å². The molecule has 1 amide bonds. The van der Waals surface area contributed by atoms with Crippen molar-refractivity contribution >= 4 is 27.8 Å². The van der Waals surface area contributed by atoms with Crippen LogP contribution in [0.25, 0.3) is 0 Å². The summed E-state index contributed by atoms with van der Waals surface area (Å²) in [6.45, 7) is 0. The van der Waals surface area contributed by atoms with Crippen LogP contribution in [-0.4, -0.2) is 25.7 Å². The van der Waals surface area contributed by atoms with Crippen LogP contribution in [0.4, 0.5) is 5.69 Å². The van der Waals surface area contributed by atoms with Crippen molar-refractivity contribution in [3.05, 3.63) is 24.3 Å². The molecule has 0 saturated carbocycles. The number of nitrogens with zero attached hydrogens (tertiary/aromatic N) is 1. The van der Waals surface area contributed by atoms with E-state index in [4.69, 9.17) is 10.3 Å². The summed E-state index contributed by atoms with van der Waals surface area (Å²) >= 11 is 0. The number of benzene rings is 1. The van der Waals surface area contributed by atoms with Gasteiger partial charge in [0.15, 0.2) is 0 Å². The third-order valence-corrected chi connectivity index (χ3v) is 2.55. The Morgan fingerprint density at radius 3 is 2.38 bits per heavy atom. The number of hydrogen-bond donors (Lipinski definition) is 3. The third kappa shape index (κ3) is 3.33. The van der Waals surface area contributed by atoms with Crippen molar-refractivity contribution in [1.29, 1.82) is 0 Å². The van der Waals surface area contributed by atoms with Crippen molar-refractivity contribution in [2.75, 3.05) is 5.32 Å². The zero-order chi connectivity index (χ0) is 12.2. The van der Waals surface area contributed by atoms with Crippen LogP contribution in [0.1, 0.15) is 0 Å². The summed E-state index contributed by atoms with van der Waals surface area (Å²) in [5.41, 5.74) is 0.359. The molecule has 0 radical (unpaired) electrons. The van der Waals surface area contributed by atoms with Crippen LogP contribution >= 0.6 is 0 Å². The molecule has 0 heterocycles. The number of amides is 1. The first kappa shape index (κ1) is 12.1. The van der Waals surface area contributed by atoms with Crippen molar-refractivity contribution in [3.63, 3.8) is 0 Å². The van der Waals surface area contributed by atoms with Gasteiger partial charge < -0.3 is 10.5 Å². The minimum absolute atomic E-state index is 0.0543. The highest BCUT2D eigenvalue weighted by Crippen LogP contribution is 2.12. The molecular formula is C8H9N3O4S. The van der Waals surface area contributed by atoms with E-state index in [1.165, 1.54) is 24.3 Å². The second-order valence-electron chi connectivity index (χ2n) is 2.80. The van der Waals surface area contributed by atoms with E-state index < -0.39 is 15.9 Å². The Balaban J connectivity index is 2.84. The van der Waals surface area contributed by atoms with Crippen molar-refractivity contribution in [3.8, 4) is 0 Å². The minimum Gasteiger partial charge on any atom is -0.411 e. The molecule has 86 valence electrons. The zero-order valence-corrected chi connectivity index (χ0v) is 8.81. The third-order valence-electron chi connectivity index (χ3n) is 1.63. The van der Waals surface area contributed by atoms with E-state index in [0.717, 1.165) is 0 Å². The molecule has 4 N–H and O–H groups in total. The molecular weight excluding hydrogens is 234 g/mol. The molecule has 0 unspecified atom stereocenters. The summed E-state index contributed by atoms with van der Waals surface area (Å²) in [6.07, 6.45) is 0.674. The lowest BCUT2D eigenvalue weighted by atomic mass is 10.3. The quantitative estimate of drug-likeness (QED) is 0.384. The average molecular weight is 243 g/mol. The average Bonchev–Trinajstić information content (AvgIpc) is 2.17.